The average molecular weight is 398 g/mol. The molecule has 7 heteroatoms. The SMILES string of the molecule is Cc1ccc(Cc2ccc3ccn(S(=O)(=O)c4cccnc4)c3c2)c(F)c1F. The zero-order valence-corrected chi connectivity index (χ0v) is 15.7. The summed E-state index contributed by atoms with van der Waals surface area (Å²) in [6.07, 6.45) is 4.41. The Balaban J connectivity index is 1.78. The Morgan fingerprint density at radius 1 is 1.04 bits per heavy atom. The lowest BCUT2D eigenvalue weighted by Gasteiger charge is -2.09. The average Bonchev–Trinajstić information content (AvgIpc) is 3.13. The van der Waals surface area contributed by atoms with Gasteiger partial charge in [0.05, 0.1) is 5.52 Å². The standard InChI is InChI=1S/C21H16F2N2O2S/c1-14-4-6-17(21(23)20(14)22)11-15-5-7-16-8-10-25(19(16)12-15)28(26,27)18-3-2-9-24-13-18/h2-10,12-13H,11H2,1H3. The number of benzene rings is 2. The van der Waals surface area contributed by atoms with E-state index in [0.29, 0.717) is 11.1 Å². The molecule has 0 aliphatic carbocycles. The molecule has 0 atom stereocenters. The number of hydrogen-bond acceptors (Lipinski definition) is 3. The molecule has 0 bridgehead atoms. The predicted octanol–water partition coefficient (Wildman–Crippen LogP) is 4.45. The van der Waals surface area contributed by atoms with Crippen molar-refractivity contribution in [3.63, 3.8) is 0 Å². The second-order valence-corrected chi connectivity index (χ2v) is 8.36. The molecular formula is C21H16F2N2O2S. The number of fused-ring (bicyclic) bond motifs is 1. The summed E-state index contributed by atoms with van der Waals surface area (Å²) < 4.78 is 55.1. The van der Waals surface area contributed by atoms with Crippen LogP contribution in [0.2, 0.25) is 0 Å². The van der Waals surface area contributed by atoms with E-state index in [0.717, 1.165) is 5.39 Å². The van der Waals surface area contributed by atoms with Gasteiger partial charge in [-0.1, -0.05) is 24.3 Å². The van der Waals surface area contributed by atoms with E-state index in [2.05, 4.69) is 4.98 Å². The Morgan fingerprint density at radius 3 is 2.61 bits per heavy atom. The van der Waals surface area contributed by atoms with E-state index in [4.69, 9.17) is 0 Å². The lowest BCUT2D eigenvalue weighted by Crippen LogP contribution is -2.12. The van der Waals surface area contributed by atoms with Crippen LogP contribution < -0.4 is 0 Å². The maximum Gasteiger partial charge on any atom is 0.269 e. The van der Waals surface area contributed by atoms with Gasteiger partial charge in [-0.05, 0) is 47.9 Å². The van der Waals surface area contributed by atoms with Crippen molar-refractivity contribution in [1.82, 2.24) is 8.96 Å². The molecular weight excluding hydrogens is 382 g/mol. The first-order valence-electron chi connectivity index (χ1n) is 8.57. The molecule has 0 unspecified atom stereocenters. The number of hydrogen-bond donors (Lipinski definition) is 0. The first-order chi connectivity index (χ1) is 13.4. The Kier molecular flexibility index (Phi) is 4.47. The minimum absolute atomic E-state index is 0.0737. The minimum atomic E-state index is -3.81. The molecule has 2 aromatic carbocycles. The van der Waals surface area contributed by atoms with Crippen LogP contribution in [-0.4, -0.2) is 17.4 Å². The lowest BCUT2D eigenvalue weighted by molar-refractivity contribution is 0.495. The van der Waals surface area contributed by atoms with Gasteiger partial charge in [0.15, 0.2) is 11.6 Å². The summed E-state index contributed by atoms with van der Waals surface area (Å²) >= 11 is 0. The van der Waals surface area contributed by atoms with Crippen LogP contribution in [0.5, 0.6) is 0 Å². The van der Waals surface area contributed by atoms with Crippen molar-refractivity contribution in [3.05, 3.63) is 95.4 Å². The number of aryl methyl sites for hydroxylation is 1. The van der Waals surface area contributed by atoms with E-state index in [1.165, 1.54) is 41.6 Å². The van der Waals surface area contributed by atoms with Crippen LogP contribution >= 0.6 is 0 Å². The van der Waals surface area contributed by atoms with E-state index in [1.54, 1.807) is 36.4 Å². The molecule has 2 aromatic heterocycles. The molecule has 0 radical (unpaired) electrons. The molecule has 142 valence electrons. The fourth-order valence-corrected chi connectivity index (χ4v) is 4.43. The van der Waals surface area contributed by atoms with Crippen LogP contribution in [0, 0.1) is 18.6 Å². The van der Waals surface area contributed by atoms with E-state index in [-0.39, 0.29) is 22.4 Å². The van der Waals surface area contributed by atoms with Crippen LogP contribution in [0.15, 0.2) is 72.0 Å². The number of halogens is 2. The molecule has 0 saturated heterocycles. The Labute approximate surface area is 161 Å². The van der Waals surface area contributed by atoms with Gasteiger partial charge in [0, 0.05) is 30.4 Å². The molecule has 0 aliphatic heterocycles. The highest BCUT2D eigenvalue weighted by atomic mass is 32.2. The third-order valence-electron chi connectivity index (χ3n) is 4.66. The summed E-state index contributed by atoms with van der Waals surface area (Å²) in [5.41, 5.74) is 1.61. The number of nitrogens with zero attached hydrogens (tertiary/aromatic N) is 2. The highest BCUT2D eigenvalue weighted by Crippen LogP contribution is 2.25. The van der Waals surface area contributed by atoms with Crippen molar-refractivity contribution in [3.8, 4) is 0 Å². The van der Waals surface area contributed by atoms with E-state index >= 15 is 0 Å². The Morgan fingerprint density at radius 2 is 1.86 bits per heavy atom. The van der Waals surface area contributed by atoms with Gasteiger partial charge in [-0.3, -0.25) is 4.98 Å². The molecule has 28 heavy (non-hydrogen) atoms. The zero-order valence-electron chi connectivity index (χ0n) is 14.9. The van der Waals surface area contributed by atoms with Crippen LogP contribution in [0.4, 0.5) is 8.78 Å². The summed E-state index contributed by atoms with van der Waals surface area (Å²) in [5.74, 6) is -1.74. The van der Waals surface area contributed by atoms with Crippen molar-refractivity contribution >= 4 is 20.9 Å². The van der Waals surface area contributed by atoms with Gasteiger partial charge in [-0.2, -0.15) is 0 Å². The summed E-state index contributed by atoms with van der Waals surface area (Å²) in [5, 5.41) is 0.728. The second-order valence-electron chi connectivity index (χ2n) is 6.54. The van der Waals surface area contributed by atoms with Crippen LogP contribution in [0.3, 0.4) is 0 Å². The van der Waals surface area contributed by atoms with E-state index in [9.17, 15) is 17.2 Å². The number of rotatable bonds is 4. The van der Waals surface area contributed by atoms with Crippen molar-refractivity contribution in [2.75, 3.05) is 0 Å². The van der Waals surface area contributed by atoms with Crippen molar-refractivity contribution < 1.29 is 17.2 Å². The minimum Gasteiger partial charge on any atom is -0.263 e. The molecule has 0 saturated carbocycles. The second kappa shape index (κ2) is 6.83. The molecule has 0 amide bonds. The van der Waals surface area contributed by atoms with Gasteiger partial charge in [0.2, 0.25) is 0 Å². The van der Waals surface area contributed by atoms with Crippen LogP contribution in [0.25, 0.3) is 10.9 Å². The van der Waals surface area contributed by atoms with Gasteiger partial charge in [-0.15, -0.1) is 0 Å². The Hall–Kier alpha value is -3.06. The van der Waals surface area contributed by atoms with Crippen molar-refractivity contribution in [1.29, 1.82) is 0 Å². The predicted molar refractivity (Wildman–Crippen MR) is 103 cm³/mol. The molecule has 4 aromatic rings. The molecule has 4 nitrogen and oxygen atoms in total. The van der Waals surface area contributed by atoms with E-state index < -0.39 is 21.7 Å². The summed E-state index contributed by atoms with van der Waals surface area (Å²) in [6, 6.07) is 13.0. The topological polar surface area (TPSA) is 52.0 Å². The van der Waals surface area contributed by atoms with Gasteiger partial charge >= 0.3 is 0 Å². The number of aromatic nitrogens is 2. The quantitative estimate of drug-likeness (QED) is 0.510. The zero-order chi connectivity index (χ0) is 19.9. The van der Waals surface area contributed by atoms with Gasteiger partial charge in [0.1, 0.15) is 4.90 Å². The lowest BCUT2D eigenvalue weighted by atomic mass is 10.0. The first-order valence-corrected chi connectivity index (χ1v) is 10.0. The number of pyridine rings is 1. The highest BCUT2D eigenvalue weighted by molar-refractivity contribution is 7.90. The maximum absolute atomic E-state index is 14.2. The molecule has 0 aliphatic rings. The van der Waals surface area contributed by atoms with E-state index in [1.807, 2.05) is 0 Å². The summed E-state index contributed by atoms with van der Waals surface area (Å²) in [7, 11) is -3.81. The molecule has 0 fully saturated rings. The summed E-state index contributed by atoms with van der Waals surface area (Å²) in [6.45, 7) is 1.50. The monoisotopic (exact) mass is 398 g/mol. The largest absolute Gasteiger partial charge is 0.269 e. The first kappa shape index (κ1) is 18.3. The molecule has 0 N–H and O–H groups in total. The third-order valence-corrected chi connectivity index (χ3v) is 6.34. The smallest absolute Gasteiger partial charge is 0.263 e. The van der Waals surface area contributed by atoms with Gasteiger partial charge < -0.3 is 0 Å². The third kappa shape index (κ3) is 3.07. The fourth-order valence-electron chi connectivity index (χ4n) is 3.12. The highest BCUT2D eigenvalue weighted by Gasteiger charge is 2.19. The molecule has 0 spiro atoms. The molecule has 2 heterocycles. The van der Waals surface area contributed by atoms with Crippen LogP contribution in [0.1, 0.15) is 16.7 Å². The normalized spacial score (nSPS) is 11.8. The van der Waals surface area contributed by atoms with Gasteiger partial charge in [-0.25, -0.2) is 21.2 Å². The summed E-state index contributed by atoms with van der Waals surface area (Å²) in [4.78, 5) is 3.94. The maximum atomic E-state index is 14.2. The van der Waals surface area contributed by atoms with Crippen LogP contribution in [-0.2, 0) is 16.4 Å². The van der Waals surface area contributed by atoms with Crippen molar-refractivity contribution in [2.45, 2.75) is 18.2 Å². The Bertz CT molecular complexity index is 1280. The molecule has 4 rings (SSSR count). The van der Waals surface area contributed by atoms with Gasteiger partial charge in [0.25, 0.3) is 10.0 Å². The van der Waals surface area contributed by atoms with Crippen molar-refractivity contribution in [2.24, 2.45) is 0 Å². The fraction of sp³-hybridized carbons (Fsp3) is 0.0952.